The maximum Gasteiger partial charge on any atom is 0.217 e. The molecule has 0 spiro atoms. The number of nitrogens with two attached hydrogens (primary N) is 1. The molecule has 1 aromatic heterocycles. The number of anilines is 2. The van der Waals surface area contributed by atoms with E-state index in [0.29, 0.717) is 18.3 Å². The SMILES string of the molecule is CCCN(CCC)c1cc(N)nc(OCCN(C)CC)c1. The van der Waals surface area contributed by atoms with Crippen molar-refractivity contribution >= 4 is 11.5 Å². The third kappa shape index (κ3) is 6.21. The Labute approximate surface area is 129 Å². The van der Waals surface area contributed by atoms with Gasteiger partial charge in [0.1, 0.15) is 12.4 Å². The van der Waals surface area contributed by atoms with Crippen LogP contribution in [0.5, 0.6) is 5.88 Å². The van der Waals surface area contributed by atoms with E-state index in [2.05, 4.69) is 42.6 Å². The fourth-order valence-corrected chi connectivity index (χ4v) is 2.14. The van der Waals surface area contributed by atoms with E-state index < -0.39 is 0 Å². The predicted molar refractivity (Wildman–Crippen MR) is 90.1 cm³/mol. The van der Waals surface area contributed by atoms with Crippen LogP contribution in [0.1, 0.15) is 33.6 Å². The molecule has 0 amide bonds. The first-order chi connectivity index (χ1) is 10.1. The van der Waals surface area contributed by atoms with Gasteiger partial charge in [-0.2, -0.15) is 4.98 Å². The van der Waals surface area contributed by atoms with Crippen molar-refractivity contribution in [1.82, 2.24) is 9.88 Å². The lowest BCUT2D eigenvalue weighted by molar-refractivity contribution is 0.238. The van der Waals surface area contributed by atoms with E-state index in [9.17, 15) is 0 Å². The lowest BCUT2D eigenvalue weighted by Crippen LogP contribution is -2.26. The summed E-state index contributed by atoms with van der Waals surface area (Å²) in [6.07, 6.45) is 2.22. The molecule has 0 bridgehead atoms. The highest BCUT2D eigenvalue weighted by Gasteiger charge is 2.09. The quantitative estimate of drug-likeness (QED) is 0.719. The number of ether oxygens (including phenoxy) is 1. The van der Waals surface area contributed by atoms with Crippen LogP contribution in [0.15, 0.2) is 12.1 Å². The summed E-state index contributed by atoms with van der Waals surface area (Å²) in [4.78, 5) is 8.81. The van der Waals surface area contributed by atoms with Crippen molar-refractivity contribution in [2.45, 2.75) is 33.6 Å². The van der Waals surface area contributed by atoms with Crippen molar-refractivity contribution in [2.75, 3.05) is 50.5 Å². The van der Waals surface area contributed by atoms with Crippen molar-refractivity contribution < 1.29 is 4.74 Å². The lowest BCUT2D eigenvalue weighted by atomic mass is 10.3. The molecule has 0 atom stereocenters. The molecule has 0 aliphatic heterocycles. The van der Waals surface area contributed by atoms with Gasteiger partial charge in [0.05, 0.1) is 0 Å². The predicted octanol–water partition coefficient (Wildman–Crippen LogP) is 2.62. The van der Waals surface area contributed by atoms with Gasteiger partial charge >= 0.3 is 0 Å². The monoisotopic (exact) mass is 294 g/mol. The van der Waals surface area contributed by atoms with Gasteiger partial charge in [0.15, 0.2) is 0 Å². The van der Waals surface area contributed by atoms with Crippen LogP contribution in [0.25, 0.3) is 0 Å². The van der Waals surface area contributed by atoms with Crippen molar-refractivity contribution in [1.29, 1.82) is 0 Å². The summed E-state index contributed by atoms with van der Waals surface area (Å²) >= 11 is 0. The fourth-order valence-electron chi connectivity index (χ4n) is 2.14. The third-order valence-electron chi connectivity index (χ3n) is 3.42. The molecule has 0 unspecified atom stereocenters. The number of hydrogen-bond acceptors (Lipinski definition) is 5. The van der Waals surface area contributed by atoms with Gasteiger partial charge in [-0.25, -0.2) is 0 Å². The first kappa shape index (κ1) is 17.6. The van der Waals surface area contributed by atoms with E-state index in [0.717, 1.165) is 44.7 Å². The lowest BCUT2D eigenvalue weighted by Gasteiger charge is -2.24. The highest BCUT2D eigenvalue weighted by atomic mass is 16.5. The first-order valence-corrected chi connectivity index (χ1v) is 7.94. The van der Waals surface area contributed by atoms with Crippen LogP contribution in [0.4, 0.5) is 11.5 Å². The maximum atomic E-state index is 5.92. The molecular formula is C16H30N4O. The highest BCUT2D eigenvalue weighted by Crippen LogP contribution is 2.23. The molecule has 5 heteroatoms. The Morgan fingerprint density at radius 2 is 1.76 bits per heavy atom. The molecule has 0 saturated heterocycles. The minimum Gasteiger partial charge on any atom is -0.476 e. The van der Waals surface area contributed by atoms with Gasteiger partial charge in [-0.1, -0.05) is 20.8 Å². The Morgan fingerprint density at radius 3 is 2.33 bits per heavy atom. The number of hydrogen-bond donors (Lipinski definition) is 1. The minimum absolute atomic E-state index is 0.517. The molecule has 0 fully saturated rings. The number of pyridine rings is 1. The van der Waals surface area contributed by atoms with Gasteiger partial charge in [-0.3, -0.25) is 0 Å². The molecule has 0 aliphatic rings. The summed E-state index contributed by atoms with van der Waals surface area (Å²) in [6, 6.07) is 3.92. The average molecular weight is 294 g/mol. The molecule has 2 N–H and O–H groups in total. The van der Waals surface area contributed by atoms with Crippen LogP contribution in [-0.4, -0.2) is 49.7 Å². The number of nitrogens with zero attached hydrogens (tertiary/aromatic N) is 3. The smallest absolute Gasteiger partial charge is 0.217 e. The van der Waals surface area contributed by atoms with Gasteiger partial charge in [-0.05, 0) is 26.4 Å². The number of nitrogen functional groups attached to an aromatic ring is 1. The fraction of sp³-hybridized carbons (Fsp3) is 0.688. The van der Waals surface area contributed by atoms with Gasteiger partial charge in [0, 0.05) is 37.5 Å². The van der Waals surface area contributed by atoms with Gasteiger partial charge < -0.3 is 20.3 Å². The second kappa shape index (κ2) is 9.45. The van der Waals surface area contributed by atoms with E-state index in [-0.39, 0.29) is 0 Å². The molecular weight excluding hydrogens is 264 g/mol. The Balaban J connectivity index is 2.73. The Bertz CT molecular complexity index is 405. The summed E-state index contributed by atoms with van der Waals surface area (Å²) in [5, 5.41) is 0. The molecule has 1 aromatic rings. The summed E-state index contributed by atoms with van der Waals surface area (Å²) in [5.74, 6) is 1.13. The zero-order chi connectivity index (χ0) is 15.7. The summed E-state index contributed by atoms with van der Waals surface area (Å²) in [7, 11) is 2.08. The first-order valence-electron chi connectivity index (χ1n) is 7.94. The second-order valence-corrected chi connectivity index (χ2v) is 5.32. The maximum absolute atomic E-state index is 5.92. The summed E-state index contributed by atoms with van der Waals surface area (Å²) in [5.41, 5.74) is 7.02. The van der Waals surface area contributed by atoms with Crippen molar-refractivity contribution in [3.8, 4) is 5.88 Å². The van der Waals surface area contributed by atoms with Crippen LogP contribution in [-0.2, 0) is 0 Å². The topological polar surface area (TPSA) is 54.6 Å². The highest BCUT2D eigenvalue weighted by molar-refractivity contribution is 5.55. The van der Waals surface area contributed by atoms with Crippen LogP contribution in [0.3, 0.4) is 0 Å². The Morgan fingerprint density at radius 1 is 1.10 bits per heavy atom. The third-order valence-corrected chi connectivity index (χ3v) is 3.42. The normalized spacial score (nSPS) is 10.9. The molecule has 21 heavy (non-hydrogen) atoms. The number of aromatic nitrogens is 1. The van der Waals surface area contributed by atoms with Crippen LogP contribution < -0.4 is 15.4 Å². The molecule has 0 saturated carbocycles. The van der Waals surface area contributed by atoms with Crippen molar-refractivity contribution in [3.63, 3.8) is 0 Å². The average Bonchev–Trinajstić information content (AvgIpc) is 2.46. The van der Waals surface area contributed by atoms with Crippen LogP contribution in [0.2, 0.25) is 0 Å². The molecule has 5 nitrogen and oxygen atoms in total. The van der Waals surface area contributed by atoms with E-state index >= 15 is 0 Å². The van der Waals surface area contributed by atoms with E-state index in [4.69, 9.17) is 10.5 Å². The largest absolute Gasteiger partial charge is 0.476 e. The summed E-state index contributed by atoms with van der Waals surface area (Å²) in [6.45, 7) is 11.1. The van der Waals surface area contributed by atoms with E-state index in [1.165, 1.54) is 0 Å². The second-order valence-electron chi connectivity index (χ2n) is 5.32. The molecule has 0 radical (unpaired) electrons. The van der Waals surface area contributed by atoms with Crippen LogP contribution in [0, 0.1) is 0 Å². The number of likely N-dealkylation sites (N-methyl/N-ethyl adjacent to an activating group) is 1. The van der Waals surface area contributed by atoms with Gasteiger partial charge in [-0.15, -0.1) is 0 Å². The zero-order valence-electron chi connectivity index (χ0n) is 13.9. The van der Waals surface area contributed by atoms with E-state index in [1.807, 2.05) is 12.1 Å². The molecule has 0 aliphatic carbocycles. The number of rotatable bonds is 10. The van der Waals surface area contributed by atoms with Gasteiger partial charge in [0.2, 0.25) is 5.88 Å². The summed E-state index contributed by atoms with van der Waals surface area (Å²) < 4.78 is 5.75. The van der Waals surface area contributed by atoms with Crippen molar-refractivity contribution in [2.24, 2.45) is 0 Å². The molecule has 120 valence electrons. The molecule has 0 aromatic carbocycles. The molecule has 1 rings (SSSR count). The minimum atomic E-state index is 0.517. The van der Waals surface area contributed by atoms with E-state index in [1.54, 1.807) is 0 Å². The Kier molecular flexibility index (Phi) is 7.90. The van der Waals surface area contributed by atoms with Crippen molar-refractivity contribution in [3.05, 3.63) is 12.1 Å². The zero-order valence-corrected chi connectivity index (χ0v) is 13.9. The molecule has 1 heterocycles. The van der Waals surface area contributed by atoms with Crippen LogP contribution >= 0.6 is 0 Å². The standard InChI is InChI=1S/C16H30N4O/c1-5-8-20(9-6-2)14-12-15(17)18-16(13-14)21-11-10-19(4)7-3/h12-13H,5-11H2,1-4H3,(H2,17,18). The Hall–Kier alpha value is -1.49. The van der Waals surface area contributed by atoms with Gasteiger partial charge in [0.25, 0.3) is 0 Å².